The van der Waals surface area contributed by atoms with E-state index in [1.165, 1.54) is 6.08 Å². The van der Waals surface area contributed by atoms with Crippen LogP contribution in [0.2, 0.25) is 10.0 Å². The van der Waals surface area contributed by atoms with E-state index in [-0.39, 0.29) is 26.3 Å². The molecule has 0 saturated carbocycles. The summed E-state index contributed by atoms with van der Waals surface area (Å²) in [6, 6.07) is 2.27. The fourth-order valence-corrected chi connectivity index (χ4v) is 3.56. The number of hydrogen-bond donors (Lipinski definition) is 1. The smallest absolute Gasteiger partial charge is 0.337 e. The summed E-state index contributed by atoms with van der Waals surface area (Å²) in [6.07, 6.45) is 1.52. The Bertz CT molecular complexity index is 644. The van der Waals surface area contributed by atoms with E-state index in [0.717, 1.165) is 17.7 Å². The highest BCUT2D eigenvalue weighted by Gasteiger charge is 2.22. The SMILES string of the molecule is CC(C)=CCS(=O)(=O)c1cc(Cl)cc(C(=O)O)c1Cl. The van der Waals surface area contributed by atoms with E-state index in [1.54, 1.807) is 13.8 Å². The quantitative estimate of drug-likeness (QED) is 0.862. The minimum atomic E-state index is -3.72. The molecule has 0 unspecified atom stereocenters. The van der Waals surface area contributed by atoms with E-state index in [2.05, 4.69) is 0 Å². The van der Waals surface area contributed by atoms with Crippen LogP contribution in [-0.2, 0) is 9.84 Å². The number of carbonyl (C=O) groups is 1. The van der Waals surface area contributed by atoms with Crippen molar-refractivity contribution in [2.45, 2.75) is 18.7 Å². The van der Waals surface area contributed by atoms with Crippen LogP contribution in [-0.4, -0.2) is 25.2 Å². The van der Waals surface area contributed by atoms with Crippen molar-refractivity contribution < 1.29 is 18.3 Å². The molecule has 0 aliphatic heterocycles. The van der Waals surface area contributed by atoms with Gasteiger partial charge in [-0.05, 0) is 26.0 Å². The van der Waals surface area contributed by atoms with Gasteiger partial charge in [-0.2, -0.15) is 0 Å². The summed E-state index contributed by atoms with van der Waals surface area (Å²) in [5, 5.41) is 8.64. The van der Waals surface area contributed by atoms with Crippen LogP contribution < -0.4 is 0 Å². The Balaban J connectivity index is 3.43. The maximum atomic E-state index is 12.1. The van der Waals surface area contributed by atoms with Crippen molar-refractivity contribution in [1.82, 2.24) is 0 Å². The first-order valence-electron chi connectivity index (χ1n) is 5.23. The summed E-state index contributed by atoms with van der Waals surface area (Å²) in [5.74, 6) is -1.58. The number of aromatic carboxylic acids is 1. The molecule has 0 saturated heterocycles. The lowest BCUT2D eigenvalue weighted by Gasteiger charge is -2.08. The van der Waals surface area contributed by atoms with Crippen molar-refractivity contribution in [3.63, 3.8) is 0 Å². The predicted molar refractivity (Wildman–Crippen MR) is 74.9 cm³/mol. The van der Waals surface area contributed by atoms with Gasteiger partial charge in [0.2, 0.25) is 0 Å². The maximum absolute atomic E-state index is 12.1. The van der Waals surface area contributed by atoms with Gasteiger partial charge in [0.05, 0.1) is 21.2 Å². The first-order valence-corrected chi connectivity index (χ1v) is 7.64. The molecular formula is C12H12Cl2O4S. The van der Waals surface area contributed by atoms with Crippen molar-refractivity contribution in [3.8, 4) is 0 Å². The molecule has 0 aliphatic rings. The Morgan fingerprint density at radius 3 is 2.37 bits per heavy atom. The molecular weight excluding hydrogens is 311 g/mol. The van der Waals surface area contributed by atoms with Crippen molar-refractivity contribution >= 4 is 39.0 Å². The van der Waals surface area contributed by atoms with Gasteiger partial charge in [-0.1, -0.05) is 34.9 Å². The van der Waals surface area contributed by atoms with Crippen LogP contribution in [0.3, 0.4) is 0 Å². The minimum absolute atomic E-state index is 0.0116. The molecule has 7 heteroatoms. The molecule has 0 amide bonds. The molecule has 0 spiro atoms. The van der Waals surface area contributed by atoms with Crippen LogP contribution in [0.15, 0.2) is 28.7 Å². The van der Waals surface area contributed by atoms with Crippen LogP contribution in [0, 0.1) is 0 Å². The van der Waals surface area contributed by atoms with E-state index in [1.807, 2.05) is 0 Å². The number of carboxylic acids is 1. The van der Waals surface area contributed by atoms with Gasteiger partial charge in [-0.25, -0.2) is 13.2 Å². The van der Waals surface area contributed by atoms with E-state index >= 15 is 0 Å². The number of allylic oxidation sites excluding steroid dienone is 1. The van der Waals surface area contributed by atoms with Crippen molar-refractivity contribution in [2.24, 2.45) is 0 Å². The van der Waals surface area contributed by atoms with Crippen LogP contribution in [0.5, 0.6) is 0 Å². The molecule has 0 radical (unpaired) electrons. The second kappa shape index (κ2) is 5.94. The summed E-state index contributed by atoms with van der Waals surface area (Å²) < 4.78 is 24.2. The average Bonchev–Trinajstić information content (AvgIpc) is 2.28. The van der Waals surface area contributed by atoms with Gasteiger partial charge in [0.25, 0.3) is 0 Å². The van der Waals surface area contributed by atoms with Crippen molar-refractivity contribution in [2.75, 3.05) is 5.75 Å². The Kier molecular flexibility index (Phi) is 5.01. The molecule has 4 nitrogen and oxygen atoms in total. The molecule has 1 aromatic rings. The van der Waals surface area contributed by atoms with Crippen molar-refractivity contribution in [3.05, 3.63) is 39.4 Å². The first kappa shape index (κ1) is 16.0. The number of rotatable bonds is 4. The molecule has 1 aromatic carbocycles. The topological polar surface area (TPSA) is 71.4 Å². The fourth-order valence-electron chi connectivity index (χ4n) is 1.31. The number of sulfone groups is 1. The second-order valence-electron chi connectivity index (χ2n) is 4.13. The standard InChI is InChI=1S/C12H12Cl2O4S/c1-7(2)3-4-19(17,18)10-6-8(13)5-9(11(10)14)12(15)16/h3,5-6H,4H2,1-2H3,(H,15,16). The number of benzene rings is 1. The van der Waals surface area contributed by atoms with Crippen LogP contribution in [0.4, 0.5) is 0 Å². The zero-order chi connectivity index (χ0) is 14.8. The van der Waals surface area contributed by atoms with Gasteiger partial charge in [0, 0.05) is 5.02 Å². The Morgan fingerprint density at radius 2 is 1.89 bits per heavy atom. The van der Waals surface area contributed by atoms with Crippen molar-refractivity contribution in [1.29, 1.82) is 0 Å². The lowest BCUT2D eigenvalue weighted by Crippen LogP contribution is -2.09. The minimum Gasteiger partial charge on any atom is -0.478 e. The molecule has 1 N–H and O–H groups in total. The molecule has 0 heterocycles. The van der Waals surface area contributed by atoms with Crippen LogP contribution >= 0.6 is 23.2 Å². The van der Waals surface area contributed by atoms with Gasteiger partial charge in [0.1, 0.15) is 0 Å². The zero-order valence-electron chi connectivity index (χ0n) is 10.3. The molecule has 0 aliphatic carbocycles. The summed E-state index contributed by atoms with van der Waals surface area (Å²) in [5.41, 5.74) is 0.505. The van der Waals surface area contributed by atoms with Gasteiger partial charge < -0.3 is 5.11 Å². The predicted octanol–water partition coefficient (Wildman–Crippen LogP) is 3.43. The zero-order valence-corrected chi connectivity index (χ0v) is 12.6. The molecule has 104 valence electrons. The van der Waals surface area contributed by atoms with E-state index in [0.29, 0.717) is 0 Å². The molecule has 1 rings (SSSR count). The number of carboxylic acid groups (broad SMARTS) is 1. The summed E-state index contributed by atoms with van der Waals surface area (Å²) in [4.78, 5) is 10.7. The van der Waals surface area contributed by atoms with Gasteiger partial charge in [0.15, 0.2) is 9.84 Å². The van der Waals surface area contributed by atoms with E-state index in [9.17, 15) is 13.2 Å². The highest BCUT2D eigenvalue weighted by molar-refractivity contribution is 7.91. The van der Waals surface area contributed by atoms with Gasteiger partial charge in [-0.15, -0.1) is 0 Å². The maximum Gasteiger partial charge on any atom is 0.337 e. The normalized spacial score (nSPS) is 11.2. The van der Waals surface area contributed by atoms with Gasteiger partial charge >= 0.3 is 5.97 Å². The Hall–Kier alpha value is -1.04. The highest BCUT2D eigenvalue weighted by atomic mass is 35.5. The third-order valence-electron chi connectivity index (χ3n) is 2.28. The first-order chi connectivity index (χ1) is 8.65. The molecule has 0 bridgehead atoms. The van der Waals surface area contributed by atoms with Crippen LogP contribution in [0.1, 0.15) is 24.2 Å². The number of halogens is 2. The van der Waals surface area contributed by atoms with Crippen LogP contribution in [0.25, 0.3) is 0 Å². The molecule has 0 fully saturated rings. The molecule has 0 aromatic heterocycles. The lowest BCUT2D eigenvalue weighted by atomic mass is 10.2. The summed E-state index contributed by atoms with van der Waals surface area (Å²) >= 11 is 11.6. The van der Waals surface area contributed by atoms with E-state index < -0.39 is 15.8 Å². The average molecular weight is 323 g/mol. The largest absolute Gasteiger partial charge is 0.478 e. The molecule has 0 atom stereocenters. The monoisotopic (exact) mass is 322 g/mol. The highest BCUT2D eigenvalue weighted by Crippen LogP contribution is 2.30. The number of hydrogen-bond acceptors (Lipinski definition) is 3. The van der Waals surface area contributed by atoms with Gasteiger partial charge in [-0.3, -0.25) is 0 Å². The summed E-state index contributed by atoms with van der Waals surface area (Å²) in [7, 11) is -3.72. The lowest BCUT2D eigenvalue weighted by molar-refractivity contribution is 0.0697. The third-order valence-corrected chi connectivity index (χ3v) is 4.62. The Labute approximate surface area is 121 Å². The summed E-state index contributed by atoms with van der Waals surface area (Å²) in [6.45, 7) is 3.52. The molecule has 19 heavy (non-hydrogen) atoms. The van der Waals surface area contributed by atoms with E-state index in [4.69, 9.17) is 28.3 Å². The third kappa shape index (κ3) is 3.96. The Morgan fingerprint density at radius 1 is 1.32 bits per heavy atom. The fraction of sp³-hybridized carbons (Fsp3) is 0.250. The second-order valence-corrected chi connectivity index (χ2v) is 6.95.